The maximum Gasteiger partial charge on any atom is 0.225 e. The molecular weight excluding hydrogens is 304 g/mol. The van der Waals surface area contributed by atoms with E-state index in [1.54, 1.807) is 4.90 Å². The first kappa shape index (κ1) is 16.8. The van der Waals surface area contributed by atoms with Gasteiger partial charge in [0.1, 0.15) is 11.9 Å². The number of amides is 2. The van der Waals surface area contributed by atoms with E-state index in [1.807, 2.05) is 37.1 Å². The van der Waals surface area contributed by atoms with E-state index in [0.29, 0.717) is 26.1 Å². The summed E-state index contributed by atoms with van der Waals surface area (Å²) in [5.41, 5.74) is 1.22. The first-order chi connectivity index (χ1) is 11.6. The van der Waals surface area contributed by atoms with Crippen LogP contribution < -0.4 is 4.74 Å². The molecule has 130 valence electrons. The van der Waals surface area contributed by atoms with E-state index in [2.05, 4.69) is 6.07 Å². The fraction of sp³-hybridized carbons (Fsp3) is 0.579. The van der Waals surface area contributed by atoms with Gasteiger partial charge in [-0.15, -0.1) is 0 Å². The number of fused-ring (bicyclic) bond motifs is 1. The lowest BCUT2D eigenvalue weighted by Crippen LogP contribution is -2.45. The lowest BCUT2D eigenvalue weighted by atomic mass is 9.95. The maximum absolute atomic E-state index is 12.7. The minimum absolute atomic E-state index is 0.0275. The molecule has 0 aromatic heterocycles. The zero-order valence-electron chi connectivity index (χ0n) is 14.5. The molecule has 1 atom stereocenters. The van der Waals surface area contributed by atoms with Crippen molar-refractivity contribution in [3.8, 4) is 5.75 Å². The predicted octanol–water partition coefficient (Wildman–Crippen LogP) is 2.10. The predicted molar refractivity (Wildman–Crippen MR) is 91.8 cm³/mol. The summed E-state index contributed by atoms with van der Waals surface area (Å²) < 4.78 is 5.93. The number of carbonyl (C=O) groups excluding carboxylic acids is 2. The standard InChI is InChI=1S/C19H26N2O3/c1-3-18(22)21-10-8-14(9-11-21)19(23)20(2)13-16-12-15-6-4-5-7-17(15)24-16/h4-7,14,16H,3,8-13H2,1-2H3. The second-order valence-corrected chi connectivity index (χ2v) is 6.78. The van der Waals surface area contributed by atoms with Gasteiger partial charge in [-0.2, -0.15) is 0 Å². The normalized spacial score (nSPS) is 20.4. The van der Waals surface area contributed by atoms with Crippen LogP contribution in [-0.2, 0) is 16.0 Å². The van der Waals surface area contributed by atoms with Gasteiger partial charge in [-0.3, -0.25) is 9.59 Å². The summed E-state index contributed by atoms with van der Waals surface area (Å²) in [4.78, 5) is 28.1. The highest BCUT2D eigenvalue weighted by molar-refractivity contribution is 5.80. The molecule has 0 spiro atoms. The van der Waals surface area contributed by atoms with Gasteiger partial charge in [0.25, 0.3) is 0 Å². The lowest BCUT2D eigenvalue weighted by Gasteiger charge is -2.33. The summed E-state index contributed by atoms with van der Waals surface area (Å²) in [6.45, 7) is 3.89. The van der Waals surface area contributed by atoms with E-state index in [0.717, 1.165) is 25.0 Å². The Hall–Kier alpha value is -2.04. The number of likely N-dealkylation sites (tertiary alicyclic amines) is 1. The molecule has 1 saturated heterocycles. The van der Waals surface area contributed by atoms with Crippen LogP contribution in [0.25, 0.3) is 0 Å². The molecule has 1 aromatic rings. The molecule has 2 aliphatic heterocycles. The van der Waals surface area contributed by atoms with E-state index in [4.69, 9.17) is 4.74 Å². The number of piperidine rings is 1. The summed E-state index contributed by atoms with van der Waals surface area (Å²) >= 11 is 0. The first-order valence-electron chi connectivity index (χ1n) is 8.85. The fourth-order valence-corrected chi connectivity index (χ4v) is 3.66. The zero-order valence-corrected chi connectivity index (χ0v) is 14.5. The molecule has 24 heavy (non-hydrogen) atoms. The van der Waals surface area contributed by atoms with Crippen molar-refractivity contribution in [1.29, 1.82) is 0 Å². The molecule has 0 radical (unpaired) electrons. The number of hydrogen-bond acceptors (Lipinski definition) is 3. The van der Waals surface area contributed by atoms with Gasteiger partial charge in [0.15, 0.2) is 0 Å². The number of rotatable bonds is 4. The van der Waals surface area contributed by atoms with E-state index in [1.165, 1.54) is 5.56 Å². The van der Waals surface area contributed by atoms with Crippen molar-refractivity contribution in [3.63, 3.8) is 0 Å². The number of para-hydroxylation sites is 1. The summed E-state index contributed by atoms with van der Waals surface area (Å²) in [6, 6.07) is 8.06. The van der Waals surface area contributed by atoms with Crippen LogP contribution in [0.15, 0.2) is 24.3 Å². The average Bonchev–Trinajstić information content (AvgIpc) is 3.02. The Morgan fingerprint density at radius 2 is 1.96 bits per heavy atom. The van der Waals surface area contributed by atoms with Gasteiger partial charge < -0.3 is 14.5 Å². The van der Waals surface area contributed by atoms with Gasteiger partial charge in [-0.25, -0.2) is 0 Å². The molecule has 5 nitrogen and oxygen atoms in total. The average molecular weight is 330 g/mol. The SMILES string of the molecule is CCC(=O)N1CCC(C(=O)N(C)CC2Cc3ccccc3O2)CC1. The minimum Gasteiger partial charge on any atom is -0.488 e. The Morgan fingerprint density at radius 1 is 1.25 bits per heavy atom. The third-order valence-electron chi connectivity index (χ3n) is 5.07. The van der Waals surface area contributed by atoms with Crippen molar-refractivity contribution < 1.29 is 14.3 Å². The van der Waals surface area contributed by atoms with Gasteiger partial charge in [-0.1, -0.05) is 25.1 Å². The Balaban J connectivity index is 1.49. The van der Waals surface area contributed by atoms with Gasteiger partial charge in [0.05, 0.1) is 6.54 Å². The van der Waals surface area contributed by atoms with E-state index in [-0.39, 0.29) is 23.8 Å². The lowest BCUT2D eigenvalue weighted by molar-refractivity contribution is -0.140. The number of carbonyl (C=O) groups is 2. The number of hydrogen-bond donors (Lipinski definition) is 0. The van der Waals surface area contributed by atoms with E-state index in [9.17, 15) is 9.59 Å². The molecular formula is C19H26N2O3. The van der Waals surface area contributed by atoms with Crippen molar-refractivity contribution >= 4 is 11.8 Å². The largest absolute Gasteiger partial charge is 0.488 e. The van der Waals surface area contributed by atoms with Gasteiger partial charge in [0.2, 0.25) is 11.8 Å². The third-order valence-corrected chi connectivity index (χ3v) is 5.07. The van der Waals surface area contributed by atoms with Crippen molar-refractivity contribution in [2.24, 2.45) is 5.92 Å². The molecule has 3 rings (SSSR count). The highest BCUT2D eigenvalue weighted by Gasteiger charge is 2.31. The van der Waals surface area contributed by atoms with Crippen molar-refractivity contribution in [3.05, 3.63) is 29.8 Å². The van der Waals surface area contributed by atoms with Gasteiger partial charge >= 0.3 is 0 Å². The number of likely N-dealkylation sites (N-methyl/N-ethyl adjacent to an activating group) is 1. The molecule has 0 aliphatic carbocycles. The number of nitrogens with zero attached hydrogens (tertiary/aromatic N) is 2. The topological polar surface area (TPSA) is 49.9 Å². The van der Waals surface area contributed by atoms with E-state index < -0.39 is 0 Å². The second kappa shape index (κ2) is 7.24. The van der Waals surface area contributed by atoms with Crippen LogP contribution >= 0.6 is 0 Å². The molecule has 0 saturated carbocycles. The summed E-state index contributed by atoms with van der Waals surface area (Å²) in [6.07, 6.45) is 2.97. The Bertz CT molecular complexity index is 583. The zero-order chi connectivity index (χ0) is 17.1. The van der Waals surface area contributed by atoms with Crippen LogP contribution in [0.2, 0.25) is 0 Å². The quantitative estimate of drug-likeness (QED) is 0.849. The molecule has 5 heteroatoms. The Kier molecular flexibility index (Phi) is 5.07. The van der Waals surface area contributed by atoms with Crippen LogP contribution in [0, 0.1) is 5.92 Å². The summed E-state index contributed by atoms with van der Waals surface area (Å²) in [5.74, 6) is 1.33. The first-order valence-corrected chi connectivity index (χ1v) is 8.85. The highest BCUT2D eigenvalue weighted by atomic mass is 16.5. The van der Waals surface area contributed by atoms with Crippen molar-refractivity contribution in [2.75, 3.05) is 26.7 Å². The van der Waals surface area contributed by atoms with Crippen molar-refractivity contribution in [2.45, 2.75) is 38.7 Å². The maximum atomic E-state index is 12.7. The van der Waals surface area contributed by atoms with Crippen LogP contribution in [0.1, 0.15) is 31.7 Å². The molecule has 1 fully saturated rings. The van der Waals surface area contributed by atoms with Crippen LogP contribution in [0.5, 0.6) is 5.75 Å². The third kappa shape index (κ3) is 3.55. The second-order valence-electron chi connectivity index (χ2n) is 6.78. The van der Waals surface area contributed by atoms with Crippen molar-refractivity contribution in [1.82, 2.24) is 9.80 Å². The van der Waals surface area contributed by atoms with Crippen LogP contribution in [0.3, 0.4) is 0 Å². The molecule has 0 N–H and O–H groups in total. The van der Waals surface area contributed by atoms with Gasteiger partial charge in [0, 0.05) is 38.9 Å². The molecule has 1 unspecified atom stereocenters. The molecule has 2 heterocycles. The highest BCUT2D eigenvalue weighted by Crippen LogP contribution is 2.29. The van der Waals surface area contributed by atoms with Crippen LogP contribution in [-0.4, -0.2) is 54.4 Å². The molecule has 2 aliphatic rings. The molecule has 1 aromatic carbocycles. The number of ether oxygens (including phenoxy) is 1. The van der Waals surface area contributed by atoms with E-state index >= 15 is 0 Å². The summed E-state index contributed by atoms with van der Waals surface area (Å²) in [7, 11) is 1.86. The molecule has 2 amide bonds. The fourth-order valence-electron chi connectivity index (χ4n) is 3.66. The Morgan fingerprint density at radius 3 is 2.62 bits per heavy atom. The van der Waals surface area contributed by atoms with Crippen LogP contribution in [0.4, 0.5) is 0 Å². The Labute approximate surface area is 143 Å². The minimum atomic E-state index is 0.0275. The number of benzene rings is 1. The smallest absolute Gasteiger partial charge is 0.225 e. The molecule has 0 bridgehead atoms. The monoisotopic (exact) mass is 330 g/mol. The van der Waals surface area contributed by atoms with Gasteiger partial charge in [-0.05, 0) is 24.5 Å². The summed E-state index contributed by atoms with van der Waals surface area (Å²) in [5, 5.41) is 0.